The van der Waals surface area contributed by atoms with Crippen LogP contribution in [-0.2, 0) is 10.0 Å². The van der Waals surface area contributed by atoms with Crippen LogP contribution in [0.2, 0.25) is 0 Å². The Kier molecular flexibility index (Phi) is 7.64. The Balaban J connectivity index is 2.35. The molecule has 0 aromatic heterocycles. The van der Waals surface area contributed by atoms with Gasteiger partial charge in [-0.05, 0) is 50.9 Å². The lowest BCUT2D eigenvalue weighted by molar-refractivity contribution is 0.0950. The van der Waals surface area contributed by atoms with Crippen LogP contribution in [0.5, 0.6) is 0 Å². The smallest absolute Gasteiger partial charge is 0.253 e. The molecule has 152 valence electrons. The van der Waals surface area contributed by atoms with Gasteiger partial charge in [-0.2, -0.15) is 0 Å². The van der Waals surface area contributed by atoms with Crippen molar-refractivity contribution in [2.24, 2.45) is 0 Å². The first kappa shape index (κ1) is 21.7. The Labute approximate surface area is 163 Å². The molecule has 1 atom stereocenters. The molecule has 0 saturated carbocycles. The van der Waals surface area contributed by atoms with Gasteiger partial charge >= 0.3 is 0 Å². The molecule has 0 aliphatic carbocycles. The van der Waals surface area contributed by atoms with Crippen LogP contribution < -0.4 is 15.5 Å². The number of benzene rings is 1. The van der Waals surface area contributed by atoms with E-state index in [0.29, 0.717) is 12.1 Å². The Morgan fingerprint density at radius 3 is 2.48 bits per heavy atom. The quantitative estimate of drug-likeness (QED) is 0.698. The second kappa shape index (κ2) is 9.52. The highest BCUT2D eigenvalue weighted by Gasteiger charge is 2.24. The van der Waals surface area contributed by atoms with E-state index in [4.69, 9.17) is 0 Å². The normalized spacial score (nSPS) is 16.4. The number of rotatable bonds is 8. The van der Waals surface area contributed by atoms with Gasteiger partial charge in [0.25, 0.3) is 5.91 Å². The van der Waals surface area contributed by atoms with Crippen LogP contribution in [0.3, 0.4) is 0 Å². The minimum atomic E-state index is -3.60. The van der Waals surface area contributed by atoms with E-state index >= 15 is 0 Å². The van der Waals surface area contributed by atoms with Gasteiger partial charge in [-0.3, -0.25) is 4.79 Å². The van der Waals surface area contributed by atoms with Crippen LogP contribution in [0, 0.1) is 0 Å². The summed E-state index contributed by atoms with van der Waals surface area (Å²) in [5, 5.41) is 6.19. The van der Waals surface area contributed by atoms with Crippen molar-refractivity contribution >= 4 is 21.6 Å². The van der Waals surface area contributed by atoms with Crippen molar-refractivity contribution in [3.63, 3.8) is 0 Å². The summed E-state index contributed by atoms with van der Waals surface area (Å²) in [5.74, 6) is -0.240. The molecule has 27 heavy (non-hydrogen) atoms. The Morgan fingerprint density at radius 1 is 1.22 bits per heavy atom. The van der Waals surface area contributed by atoms with Crippen LogP contribution in [0.15, 0.2) is 23.1 Å². The van der Waals surface area contributed by atoms with E-state index in [0.717, 1.165) is 42.5 Å². The number of amides is 1. The summed E-state index contributed by atoms with van der Waals surface area (Å²) in [6.07, 6.45) is 3.35. The van der Waals surface area contributed by atoms with Gasteiger partial charge in [0.1, 0.15) is 0 Å². The maximum Gasteiger partial charge on any atom is 0.253 e. The molecule has 1 amide bonds. The summed E-state index contributed by atoms with van der Waals surface area (Å²) in [4.78, 5) is 15.2. The van der Waals surface area contributed by atoms with Gasteiger partial charge in [-0.25, -0.2) is 12.7 Å². The van der Waals surface area contributed by atoms with Gasteiger partial charge in [0.15, 0.2) is 0 Å². The highest BCUT2D eigenvalue weighted by Crippen LogP contribution is 2.27. The van der Waals surface area contributed by atoms with Crippen LogP contribution in [0.4, 0.5) is 5.69 Å². The molecule has 1 heterocycles. The average Bonchev–Trinajstić information content (AvgIpc) is 2.66. The molecule has 1 aliphatic rings. The molecule has 0 spiro atoms. The predicted molar refractivity (Wildman–Crippen MR) is 109 cm³/mol. The number of piperidine rings is 1. The monoisotopic (exact) mass is 396 g/mol. The van der Waals surface area contributed by atoms with E-state index in [1.165, 1.54) is 26.6 Å². The van der Waals surface area contributed by atoms with Crippen molar-refractivity contribution in [1.29, 1.82) is 0 Å². The van der Waals surface area contributed by atoms with E-state index in [-0.39, 0.29) is 16.8 Å². The highest BCUT2D eigenvalue weighted by atomic mass is 32.2. The summed E-state index contributed by atoms with van der Waals surface area (Å²) in [7, 11) is -0.614. The molecular weight excluding hydrogens is 364 g/mol. The Bertz CT molecular complexity index is 743. The van der Waals surface area contributed by atoms with Crippen LogP contribution in [-0.4, -0.2) is 64.9 Å². The number of hydrogen-bond donors (Lipinski definition) is 2. The lowest BCUT2D eigenvalue weighted by atomic mass is 10.1. The topological polar surface area (TPSA) is 81.7 Å². The van der Waals surface area contributed by atoms with E-state index < -0.39 is 10.0 Å². The molecule has 0 bridgehead atoms. The number of anilines is 1. The first-order chi connectivity index (χ1) is 12.8. The molecule has 2 rings (SSSR count). The third-order valence-corrected chi connectivity index (χ3v) is 6.62. The number of likely N-dealkylation sites (N-methyl/N-ethyl adjacent to an activating group) is 1. The lowest BCUT2D eigenvalue weighted by Gasteiger charge is -2.30. The lowest BCUT2D eigenvalue weighted by Crippen LogP contribution is -2.39. The van der Waals surface area contributed by atoms with Crippen molar-refractivity contribution in [3.05, 3.63) is 23.8 Å². The van der Waals surface area contributed by atoms with Crippen molar-refractivity contribution in [1.82, 2.24) is 14.9 Å². The minimum absolute atomic E-state index is 0.137. The number of nitrogens with zero attached hydrogens (tertiary/aromatic N) is 2. The SMILES string of the molecule is CCN[C@H](C)CNC(=O)c1cc(S(=O)(=O)N(C)C)ccc1N1CCCCC1. The molecule has 1 aliphatic heterocycles. The van der Waals surface area contributed by atoms with Gasteiger partial charge < -0.3 is 15.5 Å². The zero-order valence-electron chi connectivity index (χ0n) is 16.8. The molecule has 1 aromatic carbocycles. The molecule has 0 radical (unpaired) electrons. The molecule has 8 heteroatoms. The maximum atomic E-state index is 12.9. The van der Waals surface area contributed by atoms with Crippen LogP contribution >= 0.6 is 0 Å². The summed E-state index contributed by atoms with van der Waals surface area (Å²) in [6.45, 7) is 7.09. The molecular formula is C19H32N4O3S. The molecule has 1 aromatic rings. The third kappa shape index (κ3) is 5.43. The van der Waals surface area contributed by atoms with Crippen molar-refractivity contribution < 1.29 is 13.2 Å². The third-order valence-electron chi connectivity index (χ3n) is 4.81. The van der Waals surface area contributed by atoms with Gasteiger partial charge in [-0.1, -0.05) is 6.92 Å². The number of nitrogens with one attached hydrogen (secondary N) is 2. The molecule has 1 saturated heterocycles. The first-order valence-electron chi connectivity index (χ1n) is 9.60. The maximum absolute atomic E-state index is 12.9. The first-order valence-corrected chi connectivity index (χ1v) is 11.0. The zero-order chi connectivity index (χ0) is 20.0. The number of sulfonamides is 1. The summed E-state index contributed by atoms with van der Waals surface area (Å²) in [6, 6.07) is 5.01. The van der Waals surface area contributed by atoms with Crippen LogP contribution in [0.1, 0.15) is 43.5 Å². The fraction of sp³-hybridized carbons (Fsp3) is 0.632. The average molecular weight is 397 g/mol. The fourth-order valence-electron chi connectivity index (χ4n) is 3.24. The number of carbonyl (C=O) groups excluding carboxylic acids is 1. The fourth-order valence-corrected chi connectivity index (χ4v) is 4.17. The molecule has 1 fully saturated rings. The summed E-state index contributed by atoms with van der Waals surface area (Å²) < 4.78 is 26.2. The molecule has 0 unspecified atom stereocenters. The summed E-state index contributed by atoms with van der Waals surface area (Å²) >= 11 is 0. The van der Waals surface area contributed by atoms with Crippen molar-refractivity contribution in [2.45, 2.75) is 44.0 Å². The van der Waals surface area contributed by atoms with Crippen LogP contribution in [0.25, 0.3) is 0 Å². The Hall–Kier alpha value is -1.64. The zero-order valence-corrected chi connectivity index (χ0v) is 17.6. The van der Waals surface area contributed by atoms with Crippen molar-refractivity contribution in [2.75, 3.05) is 45.2 Å². The van der Waals surface area contributed by atoms with E-state index in [2.05, 4.69) is 15.5 Å². The second-order valence-corrected chi connectivity index (χ2v) is 9.33. The standard InChI is InChI=1S/C19H32N4O3S/c1-5-20-15(2)14-21-19(24)17-13-16(27(25,26)22(3)4)9-10-18(17)23-11-7-6-8-12-23/h9-10,13,15,20H,5-8,11-12,14H2,1-4H3,(H,21,24)/t15-/m1/s1. The van der Waals surface area contributed by atoms with E-state index in [1.807, 2.05) is 13.8 Å². The largest absolute Gasteiger partial charge is 0.371 e. The molecule has 2 N–H and O–H groups in total. The highest BCUT2D eigenvalue weighted by molar-refractivity contribution is 7.89. The Morgan fingerprint density at radius 2 is 1.89 bits per heavy atom. The molecule has 7 nitrogen and oxygen atoms in total. The van der Waals surface area contributed by atoms with E-state index in [1.54, 1.807) is 12.1 Å². The number of carbonyl (C=O) groups is 1. The van der Waals surface area contributed by atoms with Gasteiger partial charge in [0.05, 0.1) is 10.5 Å². The van der Waals surface area contributed by atoms with Crippen molar-refractivity contribution in [3.8, 4) is 0 Å². The number of hydrogen-bond acceptors (Lipinski definition) is 5. The second-order valence-electron chi connectivity index (χ2n) is 7.18. The summed E-state index contributed by atoms with van der Waals surface area (Å²) in [5.41, 5.74) is 1.23. The van der Waals surface area contributed by atoms with E-state index in [9.17, 15) is 13.2 Å². The predicted octanol–water partition coefficient (Wildman–Crippen LogP) is 1.66. The van der Waals surface area contributed by atoms with Gasteiger partial charge in [0, 0.05) is 45.5 Å². The minimum Gasteiger partial charge on any atom is -0.371 e. The van der Waals surface area contributed by atoms with Gasteiger partial charge in [0.2, 0.25) is 10.0 Å². The van der Waals surface area contributed by atoms with Gasteiger partial charge in [-0.15, -0.1) is 0 Å².